The maximum Gasteiger partial charge on any atom is 0.0402 e. The molecule has 4 heteroatoms. The molecule has 1 radical (unpaired) electrons. The Bertz CT molecular complexity index is 13.2. The van der Waals surface area contributed by atoms with Crippen LogP contribution in [0.15, 0.2) is 0 Å². The van der Waals surface area contributed by atoms with Crippen LogP contribution in [0, 0.1) is 0 Å². The van der Waals surface area contributed by atoms with Crippen molar-refractivity contribution in [3.63, 3.8) is 0 Å². The van der Waals surface area contributed by atoms with Gasteiger partial charge < -0.3 is 15.7 Å². The van der Waals surface area contributed by atoms with Gasteiger partial charge in [0.15, 0.2) is 0 Å². The van der Waals surface area contributed by atoms with Crippen molar-refractivity contribution >= 4 is 0 Å². The van der Waals surface area contributed by atoms with Gasteiger partial charge in [-0.2, -0.15) is 0 Å². The first-order valence-corrected chi connectivity index (χ1v) is 2.05. The molecule has 0 spiro atoms. The summed E-state index contributed by atoms with van der Waals surface area (Å²) >= 11 is 0. The minimum Gasteiger partial charge on any atom is -0.412 e. The Hall–Kier alpha value is 0.399. The molecule has 0 amide bonds. The van der Waals surface area contributed by atoms with Gasteiger partial charge in [-0.25, -0.2) is 0 Å². The molecule has 0 saturated heterocycles. The molecule has 0 aromatic rings. The Morgan fingerprint density at radius 1 is 1.00 bits per heavy atom. The van der Waals surface area contributed by atoms with Gasteiger partial charge in [-0.1, -0.05) is 0 Å². The van der Waals surface area contributed by atoms with Gasteiger partial charge in [0.1, 0.15) is 0 Å². The molecule has 0 bridgehead atoms. The molecule has 0 aliphatic rings. The Morgan fingerprint density at radius 2 is 1.00 bits per heavy atom. The molecule has 0 atom stereocenters. The Morgan fingerprint density at radius 3 is 1.00 bits per heavy atom. The summed E-state index contributed by atoms with van der Waals surface area (Å²) in [5, 5.41) is 15.1. The van der Waals surface area contributed by atoms with Gasteiger partial charge in [-0.05, 0) is 13.8 Å². The fourth-order valence-electron chi connectivity index (χ4n) is 0. The van der Waals surface area contributed by atoms with E-state index < -0.39 is 0 Å². The standard InChI is InChI=1S/2C2H6O.Cu.H2O/c2*1-2-3;;/h2*3H,2H2,1H3;;1H2. The van der Waals surface area contributed by atoms with E-state index in [1.54, 1.807) is 13.8 Å². The molecule has 0 fully saturated rings. The largest absolute Gasteiger partial charge is 0.412 e. The van der Waals surface area contributed by atoms with Crippen LogP contribution in [0.25, 0.3) is 0 Å². The smallest absolute Gasteiger partial charge is 0.0402 e. The zero-order valence-electron chi connectivity index (χ0n) is 5.11. The predicted octanol–water partition coefficient (Wildman–Crippen LogP) is -0.830. The van der Waals surface area contributed by atoms with Crippen molar-refractivity contribution in [3.8, 4) is 0 Å². The number of hydrogen-bond acceptors (Lipinski definition) is 2. The van der Waals surface area contributed by atoms with Crippen LogP contribution in [0.4, 0.5) is 0 Å². The van der Waals surface area contributed by atoms with Crippen molar-refractivity contribution in [3.05, 3.63) is 0 Å². The van der Waals surface area contributed by atoms with Crippen molar-refractivity contribution in [2.24, 2.45) is 0 Å². The second-order valence-corrected chi connectivity index (χ2v) is 0.632. The van der Waals surface area contributed by atoms with Crippen molar-refractivity contribution < 1.29 is 32.8 Å². The van der Waals surface area contributed by atoms with Gasteiger partial charge in [0, 0.05) is 30.3 Å². The molecular formula is C4H14CuO3. The van der Waals surface area contributed by atoms with E-state index in [0.29, 0.717) is 0 Å². The van der Waals surface area contributed by atoms with Gasteiger partial charge >= 0.3 is 0 Å². The van der Waals surface area contributed by atoms with E-state index >= 15 is 0 Å². The molecule has 0 rings (SSSR count). The summed E-state index contributed by atoms with van der Waals surface area (Å²) in [7, 11) is 0. The zero-order valence-corrected chi connectivity index (χ0v) is 6.05. The molecule has 0 aromatic carbocycles. The summed E-state index contributed by atoms with van der Waals surface area (Å²) in [6.45, 7) is 3.86. The van der Waals surface area contributed by atoms with Crippen molar-refractivity contribution in [1.82, 2.24) is 0 Å². The number of hydrogen-bond donors (Lipinski definition) is 2. The third-order valence-corrected chi connectivity index (χ3v) is 0. The first kappa shape index (κ1) is 23.8. The van der Waals surface area contributed by atoms with Crippen LogP contribution in [-0.2, 0) is 17.1 Å². The molecule has 0 aliphatic heterocycles. The minimum atomic E-state index is 0. The summed E-state index contributed by atoms with van der Waals surface area (Å²) in [6.07, 6.45) is 0. The molecule has 0 saturated carbocycles. The van der Waals surface area contributed by atoms with Crippen LogP contribution in [-0.4, -0.2) is 28.9 Å². The van der Waals surface area contributed by atoms with Crippen molar-refractivity contribution in [2.45, 2.75) is 13.8 Å². The first-order valence-electron chi connectivity index (χ1n) is 2.05. The summed E-state index contributed by atoms with van der Waals surface area (Å²) in [4.78, 5) is 0. The van der Waals surface area contributed by atoms with Crippen LogP contribution in [0.5, 0.6) is 0 Å². The van der Waals surface area contributed by atoms with E-state index in [9.17, 15) is 0 Å². The zero-order chi connectivity index (χ0) is 5.41. The summed E-state index contributed by atoms with van der Waals surface area (Å²) in [6, 6.07) is 0. The number of aliphatic hydroxyl groups is 2. The van der Waals surface area contributed by atoms with Crippen LogP contribution in [0.1, 0.15) is 13.8 Å². The third kappa shape index (κ3) is 1170. The maximum absolute atomic E-state index is 7.57. The Balaban J connectivity index is -0.0000000160. The van der Waals surface area contributed by atoms with E-state index in [4.69, 9.17) is 10.2 Å². The van der Waals surface area contributed by atoms with Gasteiger partial charge in [0.25, 0.3) is 0 Å². The first-order chi connectivity index (χ1) is 2.83. The van der Waals surface area contributed by atoms with Crippen molar-refractivity contribution in [1.29, 1.82) is 0 Å². The molecule has 8 heavy (non-hydrogen) atoms. The van der Waals surface area contributed by atoms with E-state index in [1.165, 1.54) is 0 Å². The molecular weight excluding hydrogens is 160 g/mol. The van der Waals surface area contributed by atoms with E-state index in [2.05, 4.69) is 0 Å². The fourth-order valence-corrected chi connectivity index (χ4v) is 0. The SMILES string of the molecule is CCO.CCO.O.[Cu]. The quantitative estimate of drug-likeness (QED) is 0.470. The summed E-state index contributed by atoms with van der Waals surface area (Å²) in [5.74, 6) is 0. The molecule has 3 nitrogen and oxygen atoms in total. The molecule has 0 heterocycles. The molecule has 0 unspecified atom stereocenters. The van der Waals surface area contributed by atoms with Gasteiger partial charge in [0.2, 0.25) is 0 Å². The molecule has 0 aromatic heterocycles. The Labute approximate surface area is 60.5 Å². The van der Waals surface area contributed by atoms with Gasteiger partial charge in [-0.15, -0.1) is 0 Å². The van der Waals surface area contributed by atoms with Crippen LogP contribution < -0.4 is 0 Å². The van der Waals surface area contributed by atoms with E-state index in [1.807, 2.05) is 0 Å². The van der Waals surface area contributed by atoms with Crippen LogP contribution >= 0.6 is 0 Å². The number of aliphatic hydroxyl groups excluding tert-OH is 2. The Kier molecular flexibility index (Phi) is 156. The predicted molar refractivity (Wildman–Crippen MR) is 29.1 cm³/mol. The average Bonchev–Trinajstić information content (AvgIpc) is 1.39. The normalized spacial score (nSPS) is 4.50. The van der Waals surface area contributed by atoms with E-state index in [0.717, 1.165) is 0 Å². The number of rotatable bonds is 0. The summed E-state index contributed by atoms with van der Waals surface area (Å²) < 4.78 is 0. The molecule has 4 N–H and O–H groups in total. The average molecular weight is 174 g/mol. The minimum absolute atomic E-state index is 0. The van der Waals surface area contributed by atoms with Crippen molar-refractivity contribution in [2.75, 3.05) is 13.2 Å². The second-order valence-electron chi connectivity index (χ2n) is 0.632. The fraction of sp³-hybridized carbons (Fsp3) is 1.00. The monoisotopic (exact) mass is 173 g/mol. The van der Waals surface area contributed by atoms with Gasteiger partial charge in [-0.3, -0.25) is 0 Å². The van der Waals surface area contributed by atoms with E-state index in [-0.39, 0.29) is 35.8 Å². The van der Waals surface area contributed by atoms with Crippen LogP contribution in [0.3, 0.4) is 0 Å². The third-order valence-electron chi connectivity index (χ3n) is 0. The molecule has 0 aliphatic carbocycles. The summed E-state index contributed by atoms with van der Waals surface area (Å²) in [5.41, 5.74) is 0. The van der Waals surface area contributed by atoms with Gasteiger partial charge in [0.05, 0.1) is 0 Å². The topological polar surface area (TPSA) is 72.0 Å². The second kappa shape index (κ2) is 52.6. The molecule has 59 valence electrons. The maximum atomic E-state index is 7.57. The van der Waals surface area contributed by atoms with Crippen LogP contribution in [0.2, 0.25) is 0 Å².